The normalized spacial score (nSPS) is 11.9. The molecule has 0 saturated heterocycles. The molecule has 0 fully saturated rings. The number of phenolic OH excluding ortho intramolecular Hbond substituents is 2. The molecule has 0 unspecified atom stereocenters. The Hall–Kier alpha value is 1.88. The van der Waals surface area contributed by atoms with E-state index in [4.69, 9.17) is 0 Å². The highest BCUT2D eigenvalue weighted by Crippen LogP contribution is 2.56. The van der Waals surface area contributed by atoms with Gasteiger partial charge in [-0.3, -0.25) is 0 Å². The molecule has 10 heteroatoms. The van der Waals surface area contributed by atoms with Crippen LogP contribution < -0.4 is 0 Å². The fourth-order valence-electron chi connectivity index (χ4n) is 2.46. The molecule has 2 aromatic carbocycles. The number of halogens is 8. The first kappa shape index (κ1) is 23.2. The Bertz CT molecular complexity index is 763. The average Bonchev–Trinajstić information content (AvgIpc) is 2.54. The smallest absolute Gasteiger partial charge is 0.146 e. The SMILES string of the molecule is CC(C)(c1c(Br)c(Br)c(O)c(Br)c1Br)c1c(Br)c(Br)c(O)c(Br)c1Br. The number of hydrogen-bond acceptors (Lipinski definition) is 2. The molecule has 0 atom stereocenters. The molecular formula is C15H8Br8O2. The van der Waals surface area contributed by atoms with Gasteiger partial charge in [0.05, 0.1) is 17.9 Å². The summed E-state index contributed by atoms with van der Waals surface area (Å²) in [6.07, 6.45) is 0. The maximum atomic E-state index is 10.2. The second-order valence-electron chi connectivity index (χ2n) is 5.58. The molecule has 25 heavy (non-hydrogen) atoms. The summed E-state index contributed by atoms with van der Waals surface area (Å²) in [6, 6.07) is 0. The van der Waals surface area contributed by atoms with Gasteiger partial charge in [0.15, 0.2) is 0 Å². The molecule has 0 saturated carbocycles. The van der Waals surface area contributed by atoms with E-state index in [9.17, 15) is 10.2 Å². The molecule has 0 amide bonds. The number of benzene rings is 2. The summed E-state index contributed by atoms with van der Waals surface area (Å²) in [4.78, 5) is 0. The minimum atomic E-state index is -0.535. The van der Waals surface area contributed by atoms with Gasteiger partial charge < -0.3 is 10.2 Å². The van der Waals surface area contributed by atoms with E-state index in [1.165, 1.54) is 0 Å². The topological polar surface area (TPSA) is 40.5 Å². The lowest BCUT2D eigenvalue weighted by Gasteiger charge is -2.32. The minimum Gasteiger partial charge on any atom is -0.505 e. The fourth-order valence-corrected chi connectivity index (χ4v) is 8.64. The van der Waals surface area contributed by atoms with Gasteiger partial charge in [-0.1, -0.05) is 13.8 Å². The molecule has 0 aliphatic heterocycles. The van der Waals surface area contributed by atoms with Crippen LogP contribution in [0.4, 0.5) is 0 Å². The van der Waals surface area contributed by atoms with E-state index < -0.39 is 5.41 Å². The van der Waals surface area contributed by atoms with E-state index >= 15 is 0 Å². The van der Waals surface area contributed by atoms with Crippen LogP contribution in [-0.4, -0.2) is 10.2 Å². The molecule has 0 aliphatic rings. The highest BCUT2D eigenvalue weighted by Gasteiger charge is 2.36. The lowest BCUT2D eigenvalue weighted by Crippen LogP contribution is -2.22. The van der Waals surface area contributed by atoms with Gasteiger partial charge in [0.1, 0.15) is 11.5 Å². The van der Waals surface area contributed by atoms with Crippen molar-refractivity contribution in [1.29, 1.82) is 0 Å². The van der Waals surface area contributed by atoms with E-state index in [1.807, 2.05) is 0 Å². The van der Waals surface area contributed by atoms with Crippen LogP contribution in [0.5, 0.6) is 11.5 Å². The van der Waals surface area contributed by atoms with Crippen LogP contribution in [0.3, 0.4) is 0 Å². The first-order valence-electron chi connectivity index (χ1n) is 6.46. The number of rotatable bonds is 2. The second-order valence-corrected chi connectivity index (χ2v) is 11.9. The molecular weight excluding hydrogens is 851 g/mol. The van der Waals surface area contributed by atoms with Crippen LogP contribution in [0.15, 0.2) is 35.8 Å². The van der Waals surface area contributed by atoms with Crippen molar-refractivity contribution in [1.82, 2.24) is 0 Å². The van der Waals surface area contributed by atoms with E-state index in [0.717, 1.165) is 29.0 Å². The molecule has 0 spiro atoms. The van der Waals surface area contributed by atoms with Crippen molar-refractivity contribution in [3.63, 3.8) is 0 Å². The number of phenols is 2. The fraction of sp³-hybridized carbons (Fsp3) is 0.200. The van der Waals surface area contributed by atoms with Crippen LogP contribution in [0.1, 0.15) is 25.0 Å². The van der Waals surface area contributed by atoms with Crippen LogP contribution in [0.25, 0.3) is 0 Å². The Morgan fingerprint density at radius 3 is 0.880 bits per heavy atom. The maximum Gasteiger partial charge on any atom is 0.146 e. The summed E-state index contributed by atoms with van der Waals surface area (Å²) in [5, 5.41) is 20.5. The Morgan fingerprint density at radius 2 is 0.680 bits per heavy atom. The van der Waals surface area contributed by atoms with Crippen LogP contribution in [0.2, 0.25) is 0 Å². The van der Waals surface area contributed by atoms with E-state index in [-0.39, 0.29) is 11.5 Å². The molecule has 2 aromatic rings. The Labute approximate surface area is 212 Å². The Kier molecular flexibility index (Phi) is 7.71. The van der Waals surface area contributed by atoms with E-state index in [2.05, 4.69) is 141 Å². The number of hydrogen-bond donors (Lipinski definition) is 2. The van der Waals surface area contributed by atoms with Crippen LogP contribution >= 0.6 is 127 Å². The predicted octanol–water partition coefficient (Wildman–Crippen LogP) is 9.52. The highest BCUT2D eigenvalue weighted by atomic mass is 79.9. The molecule has 0 aliphatic carbocycles. The van der Waals surface area contributed by atoms with Gasteiger partial charge in [0, 0.05) is 23.3 Å². The van der Waals surface area contributed by atoms with Crippen LogP contribution in [-0.2, 0) is 5.41 Å². The van der Waals surface area contributed by atoms with Crippen molar-refractivity contribution >= 4 is 127 Å². The second kappa shape index (κ2) is 8.32. The lowest BCUT2D eigenvalue weighted by molar-refractivity contribution is 0.464. The zero-order valence-corrected chi connectivity index (χ0v) is 25.1. The first-order chi connectivity index (χ1) is 11.4. The molecule has 0 heterocycles. The third-order valence-electron chi connectivity index (χ3n) is 3.73. The van der Waals surface area contributed by atoms with Crippen molar-refractivity contribution < 1.29 is 10.2 Å². The van der Waals surface area contributed by atoms with E-state index in [0.29, 0.717) is 17.9 Å². The number of aromatic hydroxyl groups is 2. The summed E-state index contributed by atoms with van der Waals surface area (Å²) in [5.41, 5.74) is 1.29. The summed E-state index contributed by atoms with van der Waals surface area (Å²) >= 11 is 28.1. The van der Waals surface area contributed by atoms with Crippen molar-refractivity contribution in [2.75, 3.05) is 0 Å². The summed E-state index contributed by atoms with van der Waals surface area (Å²) in [5.74, 6) is 0.203. The molecule has 2 N–H and O–H groups in total. The van der Waals surface area contributed by atoms with Crippen molar-refractivity contribution in [2.24, 2.45) is 0 Å². The van der Waals surface area contributed by atoms with Gasteiger partial charge in [0.2, 0.25) is 0 Å². The predicted molar refractivity (Wildman–Crippen MR) is 130 cm³/mol. The van der Waals surface area contributed by atoms with Crippen molar-refractivity contribution in [3.8, 4) is 11.5 Å². The Morgan fingerprint density at radius 1 is 0.480 bits per heavy atom. The van der Waals surface area contributed by atoms with Gasteiger partial charge >= 0.3 is 0 Å². The molecule has 0 bridgehead atoms. The zero-order chi connectivity index (χ0) is 19.4. The van der Waals surface area contributed by atoms with Gasteiger partial charge in [-0.05, 0) is 139 Å². The monoisotopic (exact) mass is 851 g/mol. The summed E-state index contributed by atoms with van der Waals surface area (Å²) < 4.78 is 5.11. The standard InChI is InChI=1S/C15H8Br8O2/c1-15(2,3-5(16)9(20)13(24)10(21)6(3)17)4-7(18)11(22)14(25)12(23)8(4)19/h24-25H,1-2H3. The molecule has 2 rings (SSSR count). The van der Waals surface area contributed by atoms with Crippen LogP contribution in [0, 0.1) is 0 Å². The van der Waals surface area contributed by atoms with Crippen molar-refractivity contribution in [2.45, 2.75) is 19.3 Å². The lowest BCUT2D eigenvalue weighted by atomic mass is 9.78. The largest absolute Gasteiger partial charge is 0.505 e. The third kappa shape index (κ3) is 3.85. The van der Waals surface area contributed by atoms with E-state index in [1.54, 1.807) is 0 Å². The third-order valence-corrected chi connectivity index (χ3v) is 12.1. The van der Waals surface area contributed by atoms with Gasteiger partial charge in [-0.15, -0.1) is 0 Å². The van der Waals surface area contributed by atoms with Gasteiger partial charge in [-0.2, -0.15) is 0 Å². The van der Waals surface area contributed by atoms with Gasteiger partial charge in [-0.25, -0.2) is 0 Å². The van der Waals surface area contributed by atoms with Gasteiger partial charge in [0.25, 0.3) is 0 Å². The quantitative estimate of drug-likeness (QED) is 0.296. The molecule has 0 aromatic heterocycles. The first-order valence-corrected chi connectivity index (χ1v) is 12.8. The van der Waals surface area contributed by atoms with Crippen molar-refractivity contribution in [3.05, 3.63) is 46.9 Å². The highest BCUT2D eigenvalue weighted by molar-refractivity contribution is 9.14. The maximum absolute atomic E-state index is 10.2. The average molecular weight is 859 g/mol. The zero-order valence-electron chi connectivity index (χ0n) is 12.4. The summed E-state index contributed by atoms with van der Waals surface area (Å²) in [7, 11) is 0. The molecule has 0 radical (unpaired) electrons. The molecule has 2 nitrogen and oxygen atoms in total. The Balaban J connectivity index is 2.96. The molecule has 136 valence electrons. The minimum absolute atomic E-state index is 0.101. The summed E-state index contributed by atoms with van der Waals surface area (Å²) in [6.45, 7) is 4.10.